The summed E-state index contributed by atoms with van der Waals surface area (Å²) in [4.78, 5) is 44.0. The fraction of sp³-hybridized carbons (Fsp3) is 0.167. The Bertz CT molecular complexity index is 959. The fourth-order valence-electron chi connectivity index (χ4n) is 2.27. The molecule has 2 N–H and O–H groups in total. The Morgan fingerprint density at radius 1 is 1.00 bits per heavy atom. The first-order valence-electron chi connectivity index (χ1n) is 8.46. The second kappa shape index (κ2) is 10.3. The molecule has 0 aromatic heterocycles. The summed E-state index contributed by atoms with van der Waals surface area (Å²) in [7, 11) is 0. The van der Waals surface area contributed by atoms with Crippen molar-refractivity contribution in [3.8, 4) is 0 Å². The zero-order chi connectivity index (χ0) is 21.2. The Labute approximate surface area is 164 Å². The number of non-ortho nitro benzene ring substituents is 2. The number of benzene rings is 2. The minimum Gasteiger partial charge on any atom is -0.352 e. The number of rotatable bonds is 9. The number of carbonyl (C=O) groups excluding carboxylic acids is 2. The van der Waals surface area contributed by atoms with Crippen molar-refractivity contribution >= 4 is 29.4 Å². The number of hydrogen-bond donors (Lipinski definition) is 2. The van der Waals surface area contributed by atoms with E-state index < -0.39 is 21.7 Å². The summed E-state index contributed by atoms with van der Waals surface area (Å²) >= 11 is 0. The molecule has 2 aromatic rings. The lowest BCUT2D eigenvalue weighted by molar-refractivity contribution is -0.385. The molecule has 29 heavy (non-hydrogen) atoms. The monoisotopic (exact) mass is 399 g/mol. The summed E-state index contributed by atoms with van der Waals surface area (Å²) in [5.41, 5.74) is 2.65. The van der Waals surface area contributed by atoms with Crippen LogP contribution in [0.15, 0.2) is 53.6 Å². The SMILES string of the molecule is O=C(CCCNC(=O)c1cccc([N+](=O)[O-])c1)NN=Cc1cccc([N+](=O)[O-])c1. The van der Waals surface area contributed by atoms with Gasteiger partial charge in [0.2, 0.25) is 5.91 Å². The largest absolute Gasteiger partial charge is 0.352 e. The molecule has 0 atom stereocenters. The number of nitro groups is 2. The number of nitrogens with one attached hydrogen (secondary N) is 2. The van der Waals surface area contributed by atoms with Crippen molar-refractivity contribution in [3.05, 3.63) is 79.9 Å². The third-order valence-corrected chi connectivity index (χ3v) is 3.67. The Morgan fingerprint density at radius 3 is 2.34 bits per heavy atom. The molecule has 0 aliphatic carbocycles. The van der Waals surface area contributed by atoms with Crippen LogP contribution >= 0.6 is 0 Å². The van der Waals surface area contributed by atoms with E-state index in [0.29, 0.717) is 12.0 Å². The minimum atomic E-state index is -0.588. The average molecular weight is 399 g/mol. The summed E-state index contributed by atoms with van der Waals surface area (Å²) in [6, 6.07) is 11.1. The van der Waals surface area contributed by atoms with Crippen LogP contribution in [0.1, 0.15) is 28.8 Å². The van der Waals surface area contributed by atoms with Gasteiger partial charge in [0.15, 0.2) is 0 Å². The van der Waals surface area contributed by atoms with E-state index >= 15 is 0 Å². The van der Waals surface area contributed by atoms with E-state index in [1.807, 2.05) is 0 Å². The molecule has 2 aromatic carbocycles. The van der Waals surface area contributed by atoms with Crippen molar-refractivity contribution < 1.29 is 19.4 Å². The zero-order valence-corrected chi connectivity index (χ0v) is 15.1. The van der Waals surface area contributed by atoms with Crippen LogP contribution in [0.5, 0.6) is 0 Å². The molecule has 0 heterocycles. The highest BCUT2D eigenvalue weighted by atomic mass is 16.6. The quantitative estimate of drug-likeness (QED) is 0.285. The van der Waals surface area contributed by atoms with Gasteiger partial charge in [-0.1, -0.05) is 18.2 Å². The highest BCUT2D eigenvalue weighted by Crippen LogP contribution is 2.13. The molecular formula is C18H17N5O6. The molecule has 0 saturated carbocycles. The van der Waals surface area contributed by atoms with Crippen molar-refractivity contribution in [2.75, 3.05) is 6.54 Å². The van der Waals surface area contributed by atoms with Crippen LogP contribution in [0.25, 0.3) is 0 Å². The molecule has 0 saturated heterocycles. The fourth-order valence-corrected chi connectivity index (χ4v) is 2.27. The van der Waals surface area contributed by atoms with Crippen molar-refractivity contribution in [1.29, 1.82) is 0 Å². The Balaban J connectivity index is 1.72. The van der Waals surface area contributed by atoms with Gasteiger partial charge in [-0.3, -0.25) is 29.8 Å². The normalized spacial score (nSPS) is 10.5. The van der Waals surface area contributed by atoms with Gasteiger partial charge >= 0.3 is 0 Å². The highest BCUT2D eigenvalue weighted by molar-refractivity contribution is 5.94. The molecule has 0 aliphatic rings. The third kappa shape index (κ3) is 6.82. The number of hydrazone groups is 1. The second-order valence-electron chi connectivity index (χ2n) is 5.81. The van der Waals surface area contributed by atoms with Gasteiger partial charge < -0.3 is 5.32 Å². The summed E-state index contributed by atoms with van der Waals surface area (Å²) < 4.78 is 0. The lowest BCUT2D eigenvalue weighted by Gasteiger charge is -2.05. The Morgan fingerprint density at radius 2 is 1.66 bits per heavy atom. The number of hydrogen-bond acceptors (Lipinski definition) is 7. The van der Waals surface area contributed by atoms with E-state index in [1.165, 1.54) is 48.7 Å². The average Bonchev–Trinajstić information content (AvgIpc) is 2.71. The lowest BCUT2D eigenvalue weighted by atomic mass is 10.2. The predicted octanol–water partition coefficient (Wildman–Crippen LogP) is 2.16. The molecule has 0 fully saturated rings. The number of carbonyl (C=O) groups is 2. The second-order valence-corrected chi connectivity index (χ2v) is 5.81. The summed E-state index contributed by atoms with van der Waals surface area (Å²) in [6.45, 7) is 0.198. The summed E-state index contributed by atoms with van der Waals surface area (Å²) in [5.74, 6) is -0.867. The van der Waals surface area contributed by atoms with Gasteiger partial charge in [-0.15, -0.1) is 0 Å². The van der Waals surface area contributed by atoms with E-state index in [9.17, 15) is 29.8 Å². The van der Waals surface area contributed by atoms with E-state index in [0.717, 1.165) is 0 Å². The predicted molar refractivity (Wildman–Crippen MR) is 103 cm³/mol. The maximum Gasteiger partial charge on any atom is 0.270 e. The first kappa shape index (κ1) is 21.2. The van der Waals surface area contributed by atoms with Gasteiger partial charge in [0, 0.05) is 48.4 Å². The molecule has 0 radical (unpaired) electrons. The van der Waals surface area contributed by atoms with Crippen LogP contribution in [0.4, 0.5) is 11.4 Å². The number of amides is 2. The van der Waals surface area contributed by atoms with Crippen LogP contribution in [-0.4, -0.2) is 34.4 Å². The molecule has 150 valence electrons. The third-order valence-electron chi connectivity index (χ3n) is 3.67. The summed E-state index contributed by atoms with van der Waals surface area (Å²) in [6.07, 6.45) is 1.70. The number of nitro benzene ring substituents is 2. The van der Waals surface area contributed by atoms with E-state index in [2.05, 4.69) is 15.8 Å². The molecule has 0 bridgehead atoms. The first-order valence-corrected chi connectivity index (χ1v) is 8.46. The smallest absolute Gasteiger partial charge is 0.270 e. The first-order chi connectivity index (χ1) is 13.9. The van der Waals surface area contributed by atoms with Crippen LogP contribution in [0, 0.1) is 20.2 Å². The lowest BCUT2D eigenvalue weighted by Crippen LogP contribution is -2.26. The van der Waals surface area contributed by atoms with Gasteiger partial charge in [0.1, 0.15) is 0 Å². The molecule has 0 aliphatic heterocycles. The van der Waals surface area contributed by atoms with E-state index in [1.54, 1.807) is 6.07 Å². The van der Waals surface area contributed by atoms with Gasteiger partial charge in [0.25, 0.3) is 17.3 Å². The Kier molecular flexibility index (Phi) is 7.48. The van der Waals surface area contributed by atoms with Gasteiger partial charge in [0.05, 0.1) is 16.1 Å². The van der Waals surface area contributed by atoms with Crippen LogP contribution < -0.4 is 10.7 Å². The molecule has 11 nitrogen and oxygen atoms in total. The standard InChI is InChI=1S/C18H17N5O6/c24-17(21-20-12-13-4-1-6-15(10-13)22(26)27)8-3-9-19-18(25)14-5-2-7-16(11-14)23(28)29/h1-2,4-7,10-12H,3,8-9H2,(H,19,25)(H,21,24). The molecular weight excluding hydrogens is 382 g/mol. The molecule has 11 heteroatoms. The minimum absolute atomic E-state index is 0.0835. The van der Waals surface area contributed by atoms with E-state index in [4.69, 9.17) is 0 Å². The van der Waals surface area contributed by atoms with Crippen molar-refractivity contribution in [3.63, 3.8) is 0 Å². The molecule has 2 rings (SSSR count). The van der Waals surface area contributed by atoms with Crippen molar-refractivity contribution in [1.82, 2.24) is 10.7 Å². The van der Waals surface area contributed by atoms with Gasteiger partial charge in [-0.2, -0.15) is 5.10 Å². The van der Waals surface area contributed by atoms with Crippen molar-refractivity contribution in [2.45, 2.75) is 12.8 Å². The van der Waals surface area contributed by atoms with Crippen LogP contribution in [-0.2, 0) is 4.79 Å². The van der Waals surface area contributed by atoms with Crippen LogP contribution in [0.2, 0.25) is 0 Å². The van der Waals surface area contributed by atoms with E-state index in [-0.39, 0.29) is 29.9 Å². The maximum atomic E-state index is 12.0. The molecule has 0 unspecified atom stereocenters. The maximum absolute atomic E-state index is 12.0. The molecule has 2 amide bonds. The molecule has 0 spiro atoms. The van der Waals surface area contributed by atoms with Gasteiger partial charge in [-0.25, -0.2) is 5.43 Å². The van der Waals surface area contributed by atoms with Gasteiger partial charge in [-0.05, 0) is 12.5 Å². The number of nitrogens with zero attached hydrogens (tertiary/aromatic N) is 3. The topological polar surface area (TPSA) is 157 Å². The van der Waals surface area contributed by atoms with Crippen molar-refractivity contribution in [2.24, 2.45) is 5.10 Å². The zero-order valence-electron chi connectivity index (χ0n) is 15.1. The Hall–Kier alpha value is -4.15. The highest BCUT2D eigenvalue weighted by Gasteiger charge is 2.11. The van der Waals surface area contributed by atoms with Crippen LogP contribution in [0.3, 0.4) is 0 Å². The summed E-state index contributed by atoms with van der Waals surface area (Å²) in [5, 5.41) is 27.7.